The van der Waals surface area contributed by atoms with Gasteiger partial charge in [0.25, 0.3) is 5.91 Å². The maximum absolute atomic E-state index is 12.4. The summed E-state index contributed by atoms with van der Waals surface area (Å²) >= 11 is 5.91. The van der Waals surface area contributed by atoms with Gasteiger partial charge in [0.1, 0.15) is 11.8 Å². The van der Waals surface area contributed by atoms with Crippen molar-refractivity contribution in [1.82, 2.24) is 4.90 Å². The number of hydrogen-bond acceptors (Lipinski definition) is 3. The SMILES string of the molecule is O=C(O)C1CCCN1C(=O)C1Cc2cc(Cl)ccc2O1. The molecule has 0 bridgehead atoms. The van der Waals surface area contributed by atoms with Crippen LogP contribution in [0.1, 0.15) is 18.4 Å². The van der Waals surface area contributed by atoms with Gasteiger partial charge in [-0.1, -0.05) is 11.6 Å². The summed E-state index contributed by atoms with van der Waals surface area (Å²) in [5, 5.41) is 9.74. The topological polar surface area (TPSA) is 66.8 Å². The van der Waals surface area contributed by atoms with E-state index in [2.05, 4.69) is 0 Å². The molecule has 1 N–H and O–H groups in total. The summed E-state index contributed by atoms with van der Waals surface area (Å²) in [6.07, 6.45) is 1.03. The minimum atomic E-state index is -0.950. The summed E-state index contributed by atoms with van der Waals surface area (Å²) < 4.78 is 5.62. The third-order valence-electron chi connectivity index (χ3n) is 3.79. The van der Waals surface area contributed by atoms with Crippen molar-refractivity contribution in [3.8, 4) is 5.75 Å². The second-order valence-corrected chi connectivity index (χ2v) is 5.53. The van der Waals surface area contributed by atoms with Gasteiger partial charge in [0, 0.05) is 18.0 Å². The molecule has 1 fully saturated rings. The third kappa shape index (κ3) is 2.22. The van der Waals surface area contributed by atoms with Crippen molar-refractivity contribution >= 4 is 23.5 Å². The Balaban J connectivity index is 1.75. The Morgan fingerprint density at radius 1 is 1.40 bits per heavy atom. The molecule has 2 atom stereocenters. The van der Waals surface area contributed by atoms with Crippen LogP contribution in [-0.2, 0) is 16.0 Å². The van der Waals surface area contributed by atoms with Gasteiger partial charge in [-0.3, -0.25) is 4.79 Å². The minimum absolute atomic E-state index is 0.248. The van der Waals surface area contributed by atoms with Crippen LogP contribution in [0.3, 0.4) is 0 Å². The first-order valence-electron chi connectivity index (χ1n) is 6.54. The van der Waals surface area contributed by atoms with E-state index in [0.29, 0.717) is 36.6 Å². The van der Waals surface area contributed by atoms with E-state index in [1.54, 1.807) is 18.2 Å². The molecule has 2 unspecified atom stereocenters. The van der Waals surface area contributed by atoms with E-state index in [1.165, 1.54) is 4.90 Å². The molecule has 0 aliphatic carbocycles. The Hall–Kier alpha value is -1.75. The maximum Gasteiger partial charge on any atom is 0.326 e. The number of carboxylic acids is 1. The average molecular weight is 296 g/mol. The largest absolute Gasteiger partial charge is 0.480 e. The zero-order valence-electron chi connectivity index (χ0n) is 10.7. The lowest BCUT2D eigenvalue weighted by molar-refractivity contribution is -0.150. The predicted octanol–water partition coefficient (Wildman–Crippen LogP) is 1.72. The van der Waals surface area contributed by atoms with Gasteiger partial charge in [0.05, 0.1) is 0 Å². The summed E-state index contributed by atoms with van der Waals surface area (Å²) in [6, 6.07) is 4.51. The highest BCUT2D eigenvalue weighted by atomic mass is 35.5. The molecule has 20 heavy (non-hydrogen) atoms. The highest BCUT2D eigenvalue weighted by Crippen LogP contribution is 2.32. The molecule has 2 heterocycles. The van der Waals surface area contributed by atoms with E-state index in [9.17, 15) is 9.59 Å². The quantitative estimate of drug-likeness (QED) is 0.902. The second-order valence-electron chi connectivity index (χ2n) is 5.09. The number of fused-ring (bicyclic) bond motifs is 1. The van der Waals surface area contributed by atoms with Crippen molar-refractivity contribution in [3.63, 3.8) is 0 Å². The van der Waals surface area contributed by atoms with Crippen LogP contribution in [0.15, 0.2) is 18.2 Å². The van der Waals surface area contributed by atoms with Crippen LogP contribution in [0, 0.1) is 0 Å². The summed E-state index contributed by atoms with van der Waals surface area (Å²) in [7, 11) is 0. The van der Waals surface area contributed by atoms with Crippen LogP contribution in [-0.4, -0.2) is 40.6 Å². The van der Waals surface area contributed by atoms with E-state index in [4.69, 9.17) is 21.4 Å². The molecule has 1 aromatic carbocycles. The van der Waals surface area contributed by atoms with Crippen molar-refractivity contribution < 1.29 is 19.4 Å². The molecule has 106 valence electrons. The highest BCUT2D eigenvalue weighted by Gasteiger charge is 2.40. The molecule has 0 aromatic heterocycles. The number of amides is 1. The lowest BCUT2D eigenvalue weighted by Crippen LogP contribution is -2.46. The average Bonchev–Trinajstić information content (AvgIpc) is 3.03. The Kier molecular flexibility index (Phi) is 3.30. The highest BCUT2D eigenvalue weighted by molar-refractivity contribution is 6.30. The Bertz CT molecular complexity index is 574. The van der Waals surface area contributed by atoms with E-state index in [0.717, 1.165) is 5.56 Å². The van der Waals surface area contributed by atoms with Crippen LogP contribution in [0.5, 0.6) is 5.75 Å². The van der Waals surface area contributed by atoms with Crippen LogP contribution >= 0.6 is 11.6 Å². The third-order valence-corrected chi connectivity index (χ3v) is 4.03. The van der Waals surface area contributed by atoms with E-state index >= 15 is 0 Å². The lowest BCUT2D eigenvalue weighted by atomic mass is 10.1. The van der Waals surface area contributed by atoms with Gasteiger partial charge < -0.3 is 14.7 Å². The first kappa shape index (κ1) is 13.2. The summed E-state index contributed by atoms with van der Waals surface area (Å²) in [5.41, 5.74) is 0.891. The van der Waals surface area contributed by atoms with Crippen LogP contribution in [0.4, 0.5) is 0 Å². The fourth-order valence-corrected chi connectivity index (χ4v) is 3.02. The number of nitrogens with zero attached hydrogens (tertiary/aromatic N) is 1. The van der Waals surface area contributed by atoms with Gasteiger partial charge in [-0.2, -0.15) is 0 Å². The Morgan fingerprint density at radius 3 is 2.95 bits per heavy atom. The van der Waals surface area contributed by atoms with Gasteiger partial charge in [0.2, 0.25) is 0 Å². The van der Waals surface area contributed by atoms with E-state index < -0.39 is 18.1 Å². The summed E-state index contributed by atoms with van der Waals surface area (Å²) in [6.45, 7) is 0.479. The number of ether oxygens (including phenoxy) is 1. The molecule has 0 saturated carbocycles. The molecular weight excluding hydrogens is 282 g/mol. The van der Waals surface area contributed by atoms with Crippen molar-refractivity contribution in [2.24, 2.45) is 0 Å². The number of likely N-dealkylation sites (tertiary alicyclic amines) is 1. The standard InChI is InChI=1S/C14H14ClNO4/c15-9-3-4-11-8(6-9)7-12(20-11)13(17)16-5-1-2-10(16)14(18)19/h3-4,6,10,12H,1-2,5,7H2,(H,18,19). The van der Waals surface area contributed by atoms with Crippen molar-refractivity contribution in [1.29, 1.82) is 0 Å². The first-order valence-corrected chi connectivity index (χ1v) is 6.92. The fourth-order valence-electron chi connectivity index (χ4n) is 2.83. The van der Waals surface area contributed by atoms with Crippen molar-refractivity contribution in [3.05, 3.63) is 28.8 Å². The molecular formula is C14H14ClNO4. The lowest BCUT2D eigenvalue weighted by Gasteiger charge is -2.24. The molecule has 2 aliphatic heterocycles. The van der Waals surface area contributed by atoms with Crippen LogP contribution < -0.4 is 4.74 Å². The van der Waals surface area contributed by atoms with Crippen molar-refractivity contribution in [2.45, 2.75) is 31.4 Å². The number of rotatable bonds is 2. The second kappa shape index (κ2) is 4.98. The van der Waals surface area contributed by atoms with Gasteiger partial charge in [-0.15, -0.1) is 0 Å². The fraction of sp³-hybridized carbons (Fsp3) is 0.429. The van der Waals surface area contributed by atoms with Gasteiger partial charge >= 0.3 is 5.97 Å². The molecule has 1 amide bonds. The Morgan fingerprint density at radius 2 is 2.20 bits per heavy atom. The number of aliphatic carboxylic acids is 1. The number of benzene rings is 1. The number of carboxylic acid groups (broad SMARTS) is 1. The molecule has 5 nitrogen and oxygen atoms in total. The van der Waals surface area contributed by atoms with Gasteiger partial charge in [0.15, 0.2) is 6.10 Å². The Labute approximate surface area is 121 Å². The van der Waals surface area contributed by atoms with Crippen LogP contribution in [0.25, 0.3) is 0 Å². The maximum atomic E-state index is 12.4. The summed E-state index contributed by atoms with van der Waals surface area (Å²) in [5.74, 6) is -0.546. The first-order chi connectivity index (χ1) is 9.56. The monoisotopic (exact) mass is 295 g/mol. The molecule has 1 saturated heterocycles. The molecule has 6 heteroatoms. The zero-order valence-corrected chi connectivity index (χ0v) is 11.5. The van der Waals surface area contributed by atoms with E-state index in [-0.39, 0.29) is 5.91 Å². The molecule has 0 radical (unpaired) electrons. The van der Waals surface area contributed by atoms with Crippen molar-refractivity contribution in [2.75, 3.05) is 6.54 Å². The molecule has 0 spiro atoms. The minimum Gasteiger partial charge on any atom is -0.480 e. The number of carbonyl (C=O) groups excluding carboxylic acids is 1. The number of carbonyl (C=O) groups is 2. The predicted molar refractivity (Wildman–Crippen MR) is 71.9 cm³/mol. The van der Waals surface area contributed by atoms with Gasteiger partial charge in [-0.05, 0) is 36.6 Å². The zero-order chi connectivity index (χ0) is 14.3. The molecule has 1 aromatic rings. The van der Waals surface area contributed by atoms with Crippen LogP contribution in [0.2, 0.25) is 5.02 Å². The smallest absolute Gasteiger partial charge is 0.326 e. The summed E-state index contributed by atoms with van der Waals surface area (Å²) in [4.78, 5) is 25.0. The van der Waals surface area contributed by atoms with E-state index in [1.807, 2.05) is 0 Å². The molecule has 3 rings (SSSR count). The number of halogens is 1. The van der Waals surface area contributed by atoms with Gasteiger partial charge in [-0.25, -0.2) is 4.79 Å². The number of hydrogen-bond donors (Lipinski definition) is 1. The normalized spacial score (nSPS) is 24.4. The molecule has 2 aliphatic rings.